The molecule has 0 spiro atoms. The molecule has 0 heteroatoms. The van der Waals surface area contributed by atoms with Crippen molar-refractivity contribution in [1.82, 2.24) is 0 Å². The van der Waals surface area contributed by atoms with Crippen molar-refractivity contribution >= 4 is 64.6 Å². The van der Waals surface area contributed by atoms with E-state index in [9.17, 15) is 0 Å². The van der Waals surface area contributed by atoms with Crippen LogP contribution in [0.15, 0.2) is 158 Å². The van der Waals surface area contributed by atoms with Gasteiger partial charge in [0.2, 0.25) is 0 Å². The molecule has 0 saturated heterocycles. The van der Waals surface area contributed by atoms with E-state index in [1.807, 2.05) is 0 Å². The molecule has 0 N–H and O–H groups in total. The van der Waals surface area contributed by atoms with E-state index in [0.717, 1.165) is 0 Å². The molecule has 228 valence electrons. The van der Waals surface area contributed by atoms with E-state index >= 15 is 0 Å². The normalized spacial score (nSPS) is 13.7. The van der Waals surface area contributed by atoms with Crippen LogP contribution in [0.2, 0.25) is 0 Å². The first kappa shape index (κ1) is 27.0. The maximum Gasteiger partial charge on any atom is 0.0171 e. The predicted molar refractivity (Wildman–Crippen MR) is 211 cm³/mol. The first-order chi connectivity index (χ1) is 24.1. The Morgan fingerprint density at radius 2 is 0.898 bits per heavy atom. The fourth-order valence-electron chi connectivity index (χ4n) is 9.44. The Morgan fingerprint density at radius 1 is 0.327 bits per heavy atom. The van der Waals surface area contributed by atoms with E-state index in [1.165, 1.54) is 109 Å². The Labute approximate surface area is 285 Å². The lowest BCUT2D eigenvalue weighted by Crippen LogP contribution is -2.16. The van der Waals surface area contributed by atoms with Crippen LogP contribution in [0.25, 0.3) is 98.0 Å². The topological polar surface area (TPSA) is 0 Å². The Hall–Kier alpha value is -5.98. The lowest BCUT2D eigenvalue weighted by Gasteiger charge is -2.25. The van der Waals surface area contributed by atoms with Crippen LogP contribution in [0.4, 0.5) is 0 Å². The van der Waals surface area contributed by atoms with Crippen molar-refractivity contribution in [1.29, 1.82) is 0 Å². The van der Waals surface area contributed by atoms with Crippen LogP contribution in [-0.2, 0) is 5.41 Å². The number of fused-ring (bicyclic) bond motifs is 10. The Kier molecular flexibility index (Phi) is 5.27. The summed E-state index contributed by atoms with van der Waals surface area (Å²) in [6.45, 7) is 4.85. The smallest absolute Gasteiger partial charge is 0.0171 e. The molecule has 1 aliphatic carbocycles. The summed E-state index contributed by atoms with van der Waals surface area (Å²) in [5, 5.41) is 16.0. The zero-order valence-corrected chi connectivity index (χ0v) is 27.5. The fraction of sp³-hybridized carbons (Fsp3) is 0.0612. The third-order valence-corrected chi connectivity index (χ3v) is 11.5. The maximum absolute atomic E-state index is 2.42. The maximum atomic E-state index is 2.42. The number of hydrogen-bond donors (Lipinski definition) is 0. The van der Waals surface area contributed by atoms with Crippen molar-refractivity contribution in [2.75, 3.05) is 0 Å². The highest BCUT2D eigenvalue weighted by Gasteiger charge is 2.39. The highest BCUT2D eigenvalue weighted by Crippen LogP contribution is 2.56. The lowest BCUT2D eigenvalue weighted by molar-refractivity contribution is 0.672. The highest BCUT2D eigenvalue weighted by atomic mass is 14.4. The monoisotopic (exact) mass is 620 g/mol. The molecule has 0 amide bonds. The molecule has 49 heavy (non-hydrogen) atoms. The Balaban J connectivity index is 1.08. The standard InChI is InChI=1S/C49H32/c1-49(2)47-37-24-21-33(28-35(37)22-26-43(47)46-40-15-5-3-13-38(40)39-14-4-6-16-42(39)48(46)49)32-11-8-12-34(27-32)36-23-19-31-18-17-29-9-7-10-30-20-25-41(36)45(31)44(29)30/h3-28H,1-2H3. The second kappa shape index (κ2) is 9.56. The molecule has 0 heterocycles. The first-order valence-corrected chi connectivity index (χ1v) is 17.4. The molecule has 1 aliphatic rings. The highest BCUT2D eigenvalue weighted by molar-refractivity contribution is 6.25. The Bertz CT molecular complexity index is 2990. The van der Waals surface area contributed by atoms with Gasteiger partial charge in [-0.15, -0.1) is 0 Å². The molecule has 0 nitrogen and oxygen atoms in total. The van der Waals surface area contributed by atoms with Crippen LogP contribution < -0.4 is 0 Å². The van der Waals surface area contributed by atoms with E-state index in [2.05, 4.69) is 172 Å². The molecule has 11 rings (SSSR count). The molecule has 10 aromatic carbocycles. The minimum atomic E-state index is -0.135. The molecule has 0 unspecified atom stereocenters. The van der Waals surface area contributed by atoms with Crippen molar-refractivity contribution in [3.63, 3.8) is 0 Å². The summed E-state index contributed by atoms with van der Waals surface area (Å²) in [5.41, 5.74) is 10.6. The van der Waals surface area contributed by atoms with E-state index in [0.29, 0.717) is 0 Å². The summed E-state index contributed by atoms with van der Waals surface area (Å²) in [5.74, 6) is 0. The molecular formula is C49H32. The van der Waals surface area contributed by atoms with E-state index in [4.69, 9.17) is 0 Å². The summed E-state index contributed by atoms with van der Waals surface area (Å²) >= 11 is 0. The zero-order chi connectivity index (χ0) is 32.4. The molecule has 0 fully saturated rings. The van der Waals surface area contributed by atoms with Crippen LogP contribution in [0.3, 0.4) is 0 Å². The van der Waals surface area contributed by atoms with Crippen molar-refractivity contribution in [3.05, 3.63) is 169 Å². The van der Waals surface area contributed by atoms with Crippen molar-refractivity contribution in [2.24, 2.45) is 0 Å². The summed E-state index contributed by atoms with van der Waals surface area (Å²) in [6.07, 6.45) is 0. The van der Waals surface area contributed by atoms with Gasteiger partial charge in [-0.2, -0.15) is 0 Å². The quantitative estimate of drug-likeness (QED) is 0.169. The van der Waals surface area contributed by atoms with Crippen molar-refractivity contribution in [2.45, 2.75) is 19.3 Å². The van der Waals surface area contributed by atoms with Gasteiger partial charge in [0.25, 0.3) is 0 Å². The Morgan fingerprint density at radius 3 is 1.71 bits per heavy atom. The average molecular weight is 621 g/mol. The van der Waals surface area contributed by atoms with Crippen LogP contribution >= 0.6 is 0 Å². The minimum absolute atomic E-state index is 0.135. The molecule has 0 radical (unpaired) electrons. The molecular weight excluding hydrogens is 589 g/mol. The van der Waals surface area contributed by atoms with Gasteiger partial charge in [-0.3, -0.25) is 0 Å². The molecule has 0 saturated carbocycles. The number of hydrogen-bond acceptors (Lipinski definition) is 0. The van der Waals surface area contributed by atoms with Crippen LogP contribution in [0, 0.1) is 0 Å². The van der Waals surface area contributed by atoms with Gasteiger partial charge in [-0.05, 0) is 121 Å². The molecule has 0 bridgehead atoms. The largest absolute Gasteiger partial charge is 0.0616 e. The lowest BCUT2D eigenvalue weighted by atomic mass is 9.77. The third kappa shape index (κ3) is 3.58. The van der Waals surface area contributed by atoms with Crippen molar-refractivity contribution < 1.29 is 0 Å². The minimum Gasteiger partial charge on any atom is -0.0616 e. The molecule has 10 aromatic rings. The van der Waals surface area contributed by atoms with Gasteiger partial charge in [0.15, 0.2) is 0 Å². The number of benzene rings is 10. The average Bonchev–Trinajstić information content (AvgIpc) is 3.40. The first-order valence-electron chi connectivity index (χ1n) is 17.4. The van der Waals surface area contributed by atoms with Crippen molar-refractivity contribution in [3.8, 4) is 33.4 Å². The molecule has 0 aliphatic heterocycles. The van der Waals surface area contributed by atoms with Crippen LogP contribution in [-0.4, -0.2) is 0 Å². The SMILES string of the molecule is CC1(C)c2c(ccc3cc(-c4cccc(-c5ccc6ccc7cccc8ccc5c6c78)c4)ccc23)-c2c1c1ccccc1c1ccccc21. The van der Waals surface area contributed by atoms with Gasteiger partial charge in [-0.25, -0.2) is 0 Å². The van der Waals surface area contributed by atoms with Crippen LogP contribution in [0.1, 0.15) is 25.0 Å². The second-order valence-corrected chi connectivity index (χ2v) is 14.4. The second-order valence-electron chi connectivity index (χ2n) is 14.4. The van der Waals surface area contributed by atoms with E-state index in [1.54, 1.807) is 0 Å². The van der Waals surface area contributed by atoms with Crippen LogP contribution in [0.5, 0.6) is 0 Å². The molecule has 0 atom stereocenters. The van der Waals surface area contributed by atoms with Gasteiger partial charge in [-0.1, -0.05) is 159 Å². The molecule has 0 aromatic heterocycles. The van der Waals surface area contributed by atoms with E-state index in [-0.39, 0.29) is 5.41 Å². The van der Waals surface area contributed by atoms with Gasteiger partial charge >= 0.3 is 0 Å². The predicted octanol–water partition coefficient (Wildman–Crippen LogP) is 13.7. The summed E-state index contributed by atoms with van der Waals surface area (Å²) in [6, 6.07) is 59.2. The summed E-state index contributed by atoms with van der Waals surface area (Å²) in [4.78, 5) is 0. The van der Waals surface area contributed by atoms with Gasteiger partial charge < -0.3 is 0 Å². The number of rotatable bonds is 2. The van der Waals surface area contributed by atoms with Gasteiger partial charge in [0.05, 0.1) is 0 Å². The van der Waals surface area contributed by atoms with Gasteiger partial charge in [0.1, 0.15) is 0 Å². The fourth-order valence-corrected chi connectivity index (χ4v) is 9.44. The third-order valence-electron chi connectivity index (χ3n) is 11.5. The van der Waals surface area contributed by atoms with E-state index < -0.39 is 0 Å². The summed E-state index contributed by atoms with van der Waals surface area (Å²) < 4.78 is 0. The summed E-state index contributed by atoms with van der Waals surface area (Å²) in [7, 11) is 0. The van der Waals surface area contributed by atoms with Gasteiger partial charge in [0, 0.05) is 5.41 Å². The zero-order valence-electron chi connectivity index (χ0n) is 27.5.